The number of benzene rings is 2. The number of halogens is 2. The molecule has 2 aromatic rings. The first kappa shape index (κ1) is 13.2. The quantitative estimate of drug-likeness (QED) is 0.799. The van der Waals surface area contributed by atoms with Crippen LogP contribution in [0.5, 0.6) is 5.75 Å². The Bertz CT molecular complexity index is 739. The number of fused-ring (bicyclic) bond motifs is 1. The van der Waals surface area contributed by atoms with Gasteiger partial charge in [0.1, 0.15) is 0 Å². The molecule has 106 valence electrons. The highest BCUT2D eigenvalue weighted by molar-refractivity contribution is 6.34. The van der Waals surface area contributed by atoms with Gasteiger partial charge in [-0.25, -0.2) is 13.7 Å². The van der Waals surface area contributed by atoms with Gasteiger partial charge in [-0.3, -0.25) is 9.59 Å². The van der Waals surface area contributed by atoms with Crippen LogP contribution in [0.4, 0.5) is 14.5 Å². The Morgan fingerprint density at radius 1 is 0.952 bits per heavy atom. The van der Waals surface area contributed by atoms with Gasteiger partial charge in [0.15, 0.2) is 17.4 Å². The molecule has 0 atom stereocenters. The predicted molar refractivity (Wildman–Crippen MR) is 70.5 cm³/mol. The fraction of sp³-hybridized carbons (Fsp3) is 0.0667. The van der Waals surface area contributed by atoms with E-state index in [1.54, 1.807) is 12.1 Å². The summed E-state index contributed by atoms with van der Waals surface area (Å²) in [5.74, 6) is -3.93. The van der Waals surface area contributed by atoms with E-state index < -0.39 is 29.2 Å². The number of carbonyl (C=O) groups is 2. The number of nitrogens with zero attached hydrogens (tertiary/aromatic N) is 1. The molecule has 0 N–H and O–H groups in total. The maximum absolute atomic E-state index is 14.2. The van der Waals surface area contributed by atoms with Gasteiger partial charge in [-0.2, -0.15) is 0 Å². The molecular weight excluding hydrogens is 280 g/mol. The second-order valence-electron chi connectivity index (χ2n) is 4.41. The first-order valence-corrected chi connectivity index (χ1v) is 6.06. The van der Waals surface area contributed by atoms with E-state index in [1.807, 2.05) is 0 Å². The molecule has 6 heteroatoms. The monoisotopic (exact) mass is 289 g/mol. The van der Waals surface area contributed by atoms with Gasteiger partial charge in [0.05, 0.1) is 23.9 Å². The molecule has 1 aliphatic heterocycles. The molecule has 0 aliphatic carbocycles. The number of anilines is 1. The second-order valence-corrected chi connectivity index (χ2v) is 4.41. The van der Waals surface area contributed by atoms with Crippen LogP contribution in [-0.4, -0.2) is 18.9 Å². The highest BCUT2D eigenvalue weighted by Gasteiger charge is 2.38. The van der Waals surface area contributed by atoms with Crippen LogP contribution in [0.3, 0.4) is 0 Å². The third kappa shape index (κ3) is 1.79. The minimum atomic E-state index is -1.09. The highest BCUT2D eigenvalue weighted by atomic mass is 19.1. The van der Waals surface area contributed by atoms with Crippen LogP contribution in [0.2, 0.25) is 0 Å². The Morgan fingerprint density at radius 2 is 1.52 bits per heavy atom. The van der Waals surface area contributed by atoms with E-state index in [2.05, 4.69) is 4.74 Å². The lowest BCUT2D eigenvalue weighted by Gasteiger charge is -2.16. The van der Waals surface area contributed by atoms with Crippen LogP contribution in [-0.2, 0) is 0 Å². The van der Waals surface area contributed by atoms with Crippen molar-refractivity contribution in [2.45, 2.75) is 0 Å². The number of hydrogen-bond donors (Lipinski definition) is 0. The fourth-order valence-electron chi connectivity index (χ4n) is 2.29. The molecule has 0 unspecified atom stereocenters. The lowest BCUT2D eigenvalue weighted by Crippen LogP contribution is -2.30. The Hall–Kier alpha value is -2.76. The average Bonchev–Trinajstić information content (AvgIpc) is 2.73. The van der Waals surface area contributed by atoms with E-state index >= 15 is 0 Å². The second kappa shape index (κ2) is 4.66. The van der Waals surface area contributed by atoms with Crippen LogP contribution in [0.15, 0.2) is 36.4 Å². The molecule has 0 spiro atoms. The predicted octanol–water partition coefficient (Wildman–Crippen LogP) is 2.77. The first-order chi connectivity index (χ1) is 10.1. The van der Waals surface area contributed by atoms with E-state index in [1.165, 1.54) is 12.1 Å². The van der Waals surface area contributed by atoms with Crippen LogP contribution < -0.4 is 9.64 Å². The number of rotatable bonds is 2. The molecule has 3 rings (SSSR count). The van der Waals surface area contributed by atoms with Gasteiger partial charge >= 0.3 is 0 Å². The SMILES string of the molecule is COc1c(F)ccc(N2C(=O)c3ccccc3C2=O)c1F. The summed E-state index contributed by atoms with van der Waals surface area (Å²) >= 11 is 0. The Labute approximate surface area is 118 Å². The Kier molecular flexibility index (Phi) is 2.94. The highest BCUT2D eigenvalue weighted by Crippen LogP contribution is 2.34. The molecular formula is C15H9F2NO3. The van der Waals surface area contributed by atoms with Crippen LogP contribution in [0.25, 0.3) is 0 Å². The zero-order valence-corrected chi connectivity index (χ0v) is 10.9. The third-order valence-electron chi connectivity index (χ3n) is 3.27. The van der Waals surface area contributed by atoms with E-state index in [-0.39, 0.29) is 16.8 Å². The Balaban J connectivity index is 2.16. The zero-order chi connectivity index (χ0) is 15.1. The van der Waals surface area contributed by atoms with Crippen LogP contribution >= 0.6 is 0 Å². The van der Waals surface area contributed by atoms with Gasteiger partial charge in [-0.15, -0.1) is 0 Å². The molecule has 1 aliphatic rings. The van der Waals surface area contributed by atoms with Crippen LogP contribution in [0.1, 0.15) is 20.7 Å². The number of imide groups is 1. The summed E-state index contributed by atoms with van der Waals surface area (Å²) in [4.78, 5) is 25.2. The fourth-order valence-corrected chi connectivity index (χ4v) is 2.29. The van der Waals surface area contributed by atoms with E-state index in [9.17, 15) is 18.4 Å². The lowest BCUT2D eigenvalue weighted by atomic mass is 10.1. The molecule has 0 saturated heterocycles. The maximum Gasteiger partial charge on any atom is 0.266 e. The summed E-state index contributed by atoms with van der Waals surface area (Å²) in [7, 11) is 1.10. The van der Waals surface area contributed by atoms with Crippen molar-refractivity contribution >= 4 is 17.5 Å². The summed E-state index contributed by atoms with van der Waals surface area (Å²) < 4.78 is 32.3. The van der Waals surface area contributed by atoms with Gasteiger partial charge < -0.3 is 4.74 Å². The minimum absolute atomic E-state index is 0.185. The van der Waals surface area contributed by atoms with Crippen molar-refractivity contribution < 1.29 is 23.1 Å². The van der Waals surface area contributed by atoms with Gasteiger partial charge in [-0.05, 0) is 24.3 Å². The van der Waals surface area contributed by atoms with Crippen molar-refractivity contribution in [3.05, 3.63) is 59.2 Å². The van der Waals surface area contributed by atoms with Crippen molar-refractivity contribution in [3.63, 3.8) is 0 Å². The number of amides is 2. The Morgan fingerprint density at radius 3 is 2.05 bits per heavy atom. The smallest absolute Gasteiger partial charge is 0.266 e. The number of hydrogen-bond acceptors (Lipinski definition) is 3. The van der Waals surface area contributed by atoms with Crippen molar-refractivity contribution in [2.75, 3.05) is 12.0 Å². The van der Waals surface area contributed by atoms with Crippen molar-refractivity contribution in [3.8, 4) is 5.75 Å². The minimum Gasteiger partial charge on any atom is -0.491 e. The molecule has 0 saturated carbocycles. The topological polar surface area (TPSA) is 46.6 Å². The summed E-state index contributed by atoms with van der Waals surface area (Å²) in [6, 6.07) is 8.16. The van der Waals surface area contributed by atoms with Crippen LogP contribution in [0, 0.1) is 11.6 Å². The number of carbonyl (C=O) groups excluding carboxylic acids is 2. The van der Waals surface area contributed by atoms with Gasteiger partial charge in [0.25, 0.3) is 11.8 Å². The molecule has 0 fully saturated rings. The molecule has 0 aromatic heterocycles. The first-order valence-electron chi connectivity index (χ1n) is 6.06. The van der Waals surface area contributed by atoms with Crippen molar-refractivity contribution in [1.29, 1.82) is 0 Å². The van der Waals surface area contributed by atoms with Gasteiger partial charge in [-0.1, -0.05) is 12.1 Å². The summed E-state index contributed by atoms with van der Waals surface area (Å²) in [5, 5.41) is 0. The van der Waals surface area contributed by atoms with Gasteiger partial charge in [0.2, 0.25) is 0 Å². The van der Waals surface area contributed by atoms with Gasteiger partial charge in [0, 0.05) is 0 Å². The van der Waals surface area contributed by atoms with Crippen molar-refractivity contribution in [1.82, 2.24) is 0 Å². The van der Waals surface area contributed by atoms with Crippen molar-refractivity contribution in [2.24, 2.45) is 0 Å². The molecule has 21 heavy (non-hydrogen) atoms. The lowest BCUT2D eigenvalue weighted by molar-refractivity contribution is 0.0924. The molecule has 2 amide bonds. The standard InChI is InChI=1S/C15H9F2NO3/c1-21-13-10(16)6-7-11(12(13)17)18-14(19)8-4-2-3-5-9(8)15(18)20/h2-7H,1H3. The number of methoxy groups -OCH3 is 1. The summed E-state index contributed by atoms with van der Waals surface area (Å²) in [5.41, 5.74) is 0.0369. The average molecular weight is 289 g/mol. The van der Waals surface area contributed by atoms with E-state index in [0.717, 1.165) is 19.2 Å². The normalized spacial score (nSPS) is 13.6. The zero-order valence-electron chi connectivity index (χ0n) is 10.9. The molecule has 0 bridgehead atoms. The maximum atomic E-state index is 14.2. The third-order valence-corrected chi connectivity index (χ3v) is 3.27. The molecule has 2 aromatic carbocycles. The molecule has 1 heterocycles. The molecule has 4 nitrogen and oxygen atoms in total. The molecule has 0 radical (unpaired) electrons. The number of ether oxygens (including phenoxy) is 1. The summed E-state index contributed by atoms with van der Waals surface area (Å²) in [6.45, 7) is 0. The van der Waals surface area contributed by atoms with E-state index in [4.69, 9.17) is 0 Å². The largest absolute Gasteiger partial charge is 0.491 e. The summed E-state index contributed by atoms with van der Waals surface area (Å²) in [6.07, 6.45) is 0. The van der Waals surface area contributed by atoms with E-state index in [0.29, 0.717) is 4.90 Å².